The van der Waals surface area contributed by atoms with E-state index in [9.17, 15) is 33.6 Å². The van der Waals surface area contributed by atoms with Gasteiger partial charge in [0, 0.05) is 0 Å². The molecule has 1 rings (SSSR count). The van der Waals surface area contributed by atoms with E-state index < -0.39 is 46.2 Å². The number of aliphatic carboxylic acids is 1. The fourth-order valence-electron chi connectivity index (χ4n) is 1.49. The van der Waals surface area contributed by atoms with Crippen LogP contribution >= 0.6 is 0 Å². The van der Waals surface area contributed by atoms with Crippen LogP contribution in [-0.2, 0) is 4.79 Å². The molecule has 2 N–H and O–H groups in total. The Kier molecular flexibility index (Phi) is 4.64. The number of aliphatic hydroxyl groups excluding tert-OH is 1. The summed E-state index contributed by atoms with van der Waals surface area (Å²) in [5.74, 6) is -2.82. The first-order valence-electron chi connectivity index (χ1n) is 4.91. The quantitative estimate of drug-likeness (QED) is 0.456. The summed E-state index contributed by atoms with van der Waals surface area (Å²) in [4.78, 5) is 31.1. The third-order valence-electron chi connectivity index (χ3n) is 2.24. The van der Waals surface area contributed by atoms with E-state index in [4.69, 9.17) is 5.11 Å². The number of nitrogens with zero attached hydrogens (tertiary/aromatic N) is 1. The highest BCUT2D eigenvalue weighted by molar-refractivity contribution is 5.86. The molecule has 0 spiro atoms. The summed E-state index contributed by atoms with van der Waals surface area (Å²) in [6.07, 6.45) is -2.47. The molecule has 1 atom stereocenters. The van der Waals surface area contributed by atoms with Crippen LogP contribution in [0.15, 0.2) is 12.1 Å². The average molecular weight is 291 g/mol. The van der Waals surface area contributed by atoms with Gasteiger partial charge in [-0.1, -0.05) is 0 Å². The van der Waals surface area contributed by atoms with Crippen LogP contribution in [0.4, 0.5) is 14.5 Å². The molecule has 0 bridgehead atoms. The average Bonchev–Trinajstić information content (AvgIpc) is 2.36. The van der Waals surface area contributed by atoms with E-state index in [0.717, 1.165) is 12.1 Å². The molecule has 0 saturated carbocycles. The Labute approximate surface area is 109 Å². The number of nitro groups is 1. The van der Waals surface area contributed by atoms with Crippen molar-refractivity contribution in [2.75, 3.05) is 0 Å². The van der Waals surface area contributed by atoms with Crippen molar-refractivity contribution in [3.8, 4) is 5.75 Å². The van der Waals surface area contributed by atoms with Crippen molar-refractivity contribution in [1.29, 1.82) is 0 Å². The lowest BCUT2D eigenvalue weighted by atomic mass is 10.0. The molecule has 1 aromatic carbocycles. The third kappa shape index (κ3) is 3.03. The number of alkyl halides is 2. The second-order valence-electron chi connectivity index (χ2n) is 3.41. The van der Waals surface area contributed by atoms with Crippen molar-refractivity contribution in [2.24, 2.45) is 0 Å². The van der Waals surface area contributed by atoms with Crippen molar-refractivity contribution in [2.45, 2.75) is 12.7 Å². The molecule has 10 heteroatoms. The number of nitro benzene ring substituents is 1. The first-order valence-corrected chi connectivity index (χ1v) is 4.91. The van der Waals surface area contributed by atoms with Crippen LogP contribution in [0.25, 0.3) is 0 Å². The van der Waals surface area contributed by atoms with Gasteiger partial charge in [-0.3, -0.25) is 14.9 Å². The predicted octanol–water partition coefficient (Wildman–Crippen LogP) is 1.13. The zero-order valence-electron chi connectivity index (χ0n) is 9.53. The molecule has 1 aromatic rings. The number of halogens is 2. The summed E-state index contributed by atoms with van der Waals surface area (Å²) < 4.78 is 28.3. The highest BCUT2D eigenvalue weighted by Gasteiger charge is 2.33. The lowest BCUT2D eigenvalue weighted by Gasteiger charge is -2.14. The Morgan fingerprint density at radius 3 is 2.45 bits per heavy atom. The predicted molar refractivity (Wildman–Crippen MR) is 57.7 cm³/mol. The van der Waals surface area contributed by atoms with Crippen LogP contribution in [0, 0.1) is 10.1 Å². The van der Waals surface area contributed by atoms with Crippen LogP contribution in [-0.4, -0.2) is 34.0 Å². The molecular formula is C10H7F2NO7. The molecule has 20 heavy (non-hydrogen) atoms. The van der Waals surface area contributed by atoms with Gasteiger partial charge in [0.05, 0.1) is 10.5 Å². The number of hydrogen-bond acceptors (Lipinski definition) is 6. The molecule has 1 unspecified atom stereocenters. The van der Waals surface area contributed by atoms with Crippen LogP contribution < -0.4 is 4.74 Å². The maximum absolute atomic E-state index is 12.2. The molecular weight excluding hydrogens is 284 g/mol. The van der Waals surface area contributed by atoms with Gasteiger partial charge in [0.1, 0.15) is 11.3 Å². The molecule has 0 fully saturated rings. The highest BCUT2D eigenvalue weighted by atomic mass is 19.3. The molecule has 0 aliphatic heterocycles. The van der Waals surface area contributed by atoms with Gasteiger partial charge in [0.15, 0.2) is 12.4 Å². The number of benzene rings is 1. The Morgan fingerprint density at radius 2 is 2.05 bits per heavy atom. The summed E-state index contributed by atoms with van der Waals surface area (Å²) >= 11 is 0. The minimum Gasteiger partial charge on any atom is -0.479 e. The van der Waals surface area contributed by atoms with E-state index in [1.807, 2.05) is 0 Å². The van der Waals surface area contributed by atoms with Gasteiger partial charge in [0.25, 0.3) is 5.69 Å². The van der Waals surface area contributed by atoms with Crippen molar-refractivity contribution in [3.05, 3.63) is 33.4 Å². The van der Waals surface area contributed by atoms with Gasteiger partial charge in [-0.2, -0.15) is 8.78 Å². The van der Waals surface area contributed by atoms with Crippen LogP contribution in [0.5, 0.6) is 5.75 Å². The molecule has 0 aromatic heterocycles. The Morgan fingerprint density at radius 1 is 1.45 bits per heavy atom. The first kappa shape index (κ1) is 15.4. The van der Waals surface area contributed by atoms with Gasteiger partial charge in [-0.05, 0) is 12.1 Å². The van der Waals surface area contributed by atoms with Gasteiger partial charge in [-0.15, -0.1) is 0 Å². The van der Waals surface area contributed by atoms with Gasteiger partial charge in [0.2, 0.25) is 0 Å². The second kappa shape index (κ2) is 6.02. The molecule has 108 valence electrons. The molecule has 0 heterocycles. The zero-order chi connectivity index (χ0) is 15.4. The Bertz CT molecular complexity index is 561. The third-order valence-corrected chi connectivity index (χ3v) is 2.24. The summed E-state index contributed by atoms with van der Waals surface area (Å²) in [5.41, 5.74) is -2.70. The summed E-state index contributed by atoms with van der Waals surface area (Å²) in [6, 6.07) is 1.55. The second-order valence-corrected chi connectivity index (χ2v) is 3.41. The molecule has 0 aliphatic carbocycles. The van der Waals surface area contributed by atoms with Gasteiger partial charge >= 0.3 is 12.6 Å². The van der Waals surface area contributed by atoms with Crippen LogP contribution in [0.1, 0.15) is 22.0 Å². The molecule has 0 amide bonds. The van der Waals surface area contributed by atoms with E-state index in [0.29, 0.717) is 0 Å². The largest absolute Gasteiger partial charge is 0.479 e. The topological polar surface area (TPSA) is 127 Å². The number of carboxylic acid groups (broad SMARTS) is 1. The van der Waals surface area contributed by atoms with Gasteiger partial charge < -0.3 is 14.9 Å². The van der Waals surface area contributed by atoms with E-state index in [2.05, 4.69) is 4.74 Å². The smallest absolute Gasteiger partial charge is 0.387 e. The first-order chi connectivity index (χ1) is 9.29. The zero-order valence-corrected chi connectivity index (χ0v) is 9.53. The lowest BCUT2D eigenvalue weighted by molar-refractivity contribution is -0.386. The normalized spacial score (nSPS) is 12.0. The Balaban J connectivity index is 3.62. The molecule has 0 radical (unpaired) electrons. The number of carboxylic acids is 1. The monoisotopic (exact) mass is 291 g/mol. The lowest BCUT2D eigenvalue weighted by Crippen LogP contribution is -2.16. The summed E-state index contributed by atoms with van der Waals surface area (Å²) in [6.45, 7) is -3.39. The molecule has 0 aliphatic rings. The number of aliphatic hydroxyl groups is 1. The fourth-order valence-corrected chi connectivity index (χ4v) is 1.49. The number of ether oxygens (including phenoxy) is 1. The van der Waals surface area contributed by atoms with Crippen molar-refractivity contribution >= 4 is 17.9 Å². The SMILES string of the molecule is O=Cc1ccc(OC(F)F)c(C(O)C(=O)O)c1[N+](=O)[O-]. The molecule has 8 nitrogen and oxygen atoms in total. The van der Waals surface area contributed by atoms with E-state index in [1.165, 1.54) is 0 Å². The number of hydrogen-bond donors (Lipinski definition) is 2. The number of carbonyl (C=O) groups excluding carboxylic acids is 1. The van der Waals surface area contributed by atoms with Crippen molar-refractivity contribution < 1.29 is 38.2 Å². The number of rotatable bonds is 6. The van der Waals surface area contributed by atoms with E-state index in [1.54, 1.807) is 0 Å². The maximum atomic E-state index is 12.2. The molecule has 0 saturated heterocycles. The fraction of sp³-hybridized carbons (Fsp3) is 0.200. The number of aldehydes is 1. The standard InChI is InChI=1S/C10H7F2NO7/c11-10(12)20-5-2-1-4(3-14)7(13(18)19)6(5)8(15)9(16)17/h1-3,8,10,15H,(H,16,17). The van der Waals surface area contributed by atoms with E-state index >= 15 is 0 Å². The summed E-state index contributed by atoms with van der Waals surface area (Å²) in [5, 5.41) is 28.9. The van der Waals surface area contributed by atoms with Gasteiger partial charge in [-0.25, -0.2) is 4.79 Å². The van der Waals surface area contributed by atoms with E-state index in [-0.39, 0.29) is 6.29 Å². The van der Waals surface area contributed by atoms with Crippen molar-refractivity contribution in [3.63, 3.8) is 0 Å². The van der Waals surface area contributed by atoms with Crippen LogP contribution in [0.2, 0.25) is 0 Å². The Hall–Kier alpha value is -2.62. The summed E-state index contributed by atoms with van der Waals surface area (Å²) in [7, 11) is 0. The van der Waals surface area contributed by atoms with Crippen LogP contribution in [0.3, 0.4) is 0 Å². The van der Waals surface area contributed by atoms with Crippen molar-refractivity contribution in [1.82, 2.24) is 0 Å². The maximum Gasteiger partial charge on any atom is 0.387 e. The minimum absolute atomic E-state index is 0.0301. The highest BCUT2D eigenvalue weighted by Crippen LogP contribution is 2.37. The number of carbonyl (C=O) groups is 2. The minimum atomic E-state index is -3.39.